The highest BCUT2D eigenvalue weighted by Gasteiger charge is 2.39. The Labute approximate surface area is 178 Å². The van der Waals surface area contributed by atoms with Crippen molar-refractivity contribution >= 4 is 11.7 Å². The molecule has 0 bridgehead atoms. The van der Waals surface area contributed by atoms with E-state index in [0.717, 1.165) is 44.7 Å². The molecule has 2 atom stereocenters. The number of piperidine rings is 1. The molecular weight excluding hydrogens is 388 g/mol. The Hall–Kier alpha value is -1.70. The molecule has 0 aliphatic carbocycles. The molecule has 3 aliphatic rings. The number of nitrogens with zero attached hydrogens (tertiary/aromatic N) is 4. The van der Waals surface area contributed by atoms with E-state index in [1.807, 2.05) is 31.7 Å². The molecular formula is C22H35F2N5O. The van der Waals surface area contributed by atoms with Crippen LogP contribution in [0.25, 0.3) is 0 Å². The molecule has 0 saturated carbocycles. The Kier molecular flexibility index (Phi) is 6.06. The zero-order valence-corrected chi connectivity index (χ0v) is 18.4. The van der Waals surface area contributed by atoms with Gasteiger partial charge < -0.3 is 10.2 Å². The lowest BCUT2D eigenvalue weighted by Crippen LogP contribution is -2.48. The van der Waals surface area contributed by atoms with Gasteiger partial charge in [0, 0.05) is 30.6 Å². The van der Waals surface area contributed by atoms with Crippen LogP contribution in [0.3, 0.4) is 0 Å². The zero-order valence-electron chi connectivity index (χ0n) is 18.4. The number of amides is 1. The number of anilines is 1. The average Bonchev–Trinajstić information content (AvgIpc) is 3.36. The summed E-state index contributed by atoms with van der Waals surface area (Å²) in [6, 6.07) is 1.03. The van der Waals surface area contributed by atoms with E-state index in [1.54, 1.807) is 0 Å². The van der Waals surface area contributed by atoms with Gasteiger partial charge in [0.15, 0.2) is 0 Å². The van der Waals surface area contributed by atoms with E-state index in [0.29, 0.717) is 24.7 Å². The zero-order chi connectivity index (χ0) is 21.5. The van der Waals surface area contributed by atoms with Crippen molar-refractivity contribution < 1.29 is 13.6 Å². The fraction of sp³-hybridized carbons (Fsp3) is 0.818. The summed E-state index contributed by atoms with van der Waals surface area (Å²) in [7, 11) is 0. The van der Waals surface area contributed by atoms with Gasteiger partial charge in [0.1, 0.15) is 11.9 Å². The summed E-state index contributed by atoms with van der Waals surface area (Å²) >= 11 is 0. The van der Waals surface area contributed by atoms with Crippen LogP contribution >= 0.6 is 0 Å². The standard InChI is InChI=1S/C22H35F2N5O/c1-22(2,3)18-13-19-25-16(12-17(21(23)24)29(19)26-18)15-6-10-28(11-7-15)20(30)14-27-8-4-5-9-27/h13,15-17,21,25H,4-12,14H2,1-3H3/t16-,17+/m0/s1. The lowest BCUT2D eigenvalue weighted by atomic mass is 9.85. The van der Waals surface area contributed by atoms with Gasteiger partial charge in [-0.3, -0.25) is 9.69 Å². The maximum absolute atomic E-state index is 13.9. The third-order valence-corrected chi connectivity index (χ3v) is 6.96. The molecule has 4 heterocycles. The summed E-state index contributed by atoms with van der Waals surface area (Å²) in [4.78, 5) is 16.8. The molecule has 1 amide bonds. The number of fused-ring (bicyclic) bond motifs is 1. The van der Waals surface area contributed by atoms with Crippen molar-refractivity contribution in [2.45, 2.75) is 76.8 Å². The fourth-order valence-electron chi connectivity index (χ4n) is 5.03. The number of aromatic nitrogens is 2. The minimum atomic E-state index is -2.44. The molecule has 168 valence electrons. The van der Waals surface area contributed by atoms with Crippen molar-refractivity contribution in [2.75, 3.05) is 38.0 Å². The predicted octanol–water partition coefficient (Wildman–Crippen LogP) is 3.51. The number of nitrogens with one attached hydrogen (secondary N) is 1. The van der Waals surface area contributed by atoms with Gasteiger partial charge in [-0.1, -0.05) is 20.8 Å². The summed E-state index contributed by atoms with van der Waals surface area (Å²) in [6.07, 6.45) is 2.02. The number of rotatable bonds is 4. The van der Waals surface area contributed by atoms with Crippen LogP contribution < -0.4 is 5.32 Å². The van der Waals surface area contributed by atoms with E-state index in [4.69, 9.17) is 0 Å². The number of carbonyl (C=O) groups excluding carboxylic acids is 1. The van der Waals surface area contributed by atoms with Crippen LogP contribution in [0, 0.1) is 5.92 Å². The molecule has 0 radical (unpaired) electrons. The fourth-order valence-corrected chi connectivity index (χ4v) is 5.03. The summed E-state index contributed by atoms with van der Waals surface area (Å²) in [5.74, 6) is 1.21. The van der Waals surface area contributed by atoms with Gasteiger partial charge in [-0.2, -0.15) is 5.10 Å². The van der Waals surface area contributed by atoms with E-state index in [1.165, 1.54) is 17.5 Å². The van der Waals surface area contributed by atoms with Crippen molar-refractivity contribution in [3.8, 4) is 0 Å². The first-order valence-electron chi connectivity index (χ1n) is 11.4. The van der Waals surface area contributed by atoms with Gasteiger partial charge >= 0.3 is 0 Å². The predicted molar refractivity (Wildman–Crippen MR) is 113 cm³/mol. The van der Waals surface area contributed by atoms with Crippen molar-refractivity contribution in [3.63, 3.8) is 0 Å². The maximum Gasteiger partial charge on any atom is 0.260 e. The Balaban J connectivity index is 1.39. The number of halogens is 2. The lowest BCUT2D eigenvalue weighted by molar-refractivity contribution is -0.133. The van der Waals surface area contributed by atoms with E-state index >= 15 is 0 Å². The van der Waals surface area contributed by atoms with E-state index in [9.17, 15) is 13.6 Å². The minimum Gasteiger partial charge on any atom is -0.367 e. The maximum atomic E-state index is 13.9. The van der Waals surface area contributed by atoms with Crippen LogP contribution in [-0.2, 0) is 10.2 Å². The molecule has 2 saturated heterocycles. The molecule has 6 nitrogen and oxygen atoms in total. The molecule has 8 heteroatoms. The van der Waals surface area contributed by atoms with E-state index < -0.39 is 12.5 Å². The van der Waals surface area contributed by atoms with Crippen LogP contribution in [0.1, 0.15) is 64.6 Å². The topological polar surface area (TPSA) is 53.4 Å². The first kappa shape index (κ1) is 21.5. The van der Waals surface area contributed by atoms with Gasteiger partial charge in [0.25, 0.3) is 6.43 Å². The molecule has 2 fully saturated rings. The van der Waals surface area contributed by atoms with E-state index in [2.05, 4.69) is 15.3 Å². The normalized spacial score (nSPS) is 26.1. The molecule has 3 aliphatic heterocycles. The highest BCUT2D eigenvalue weighted by Crippen LogP contribution is 2.38. The number of carbonyl (C=O) groups is 1. The first-order valence-corrected chi connectivity index (χ1v) is 11.4. The second-order valence-electron chi connectivity index (χ2n) is 10.2. The van der Waals surface area contributed by atoms with Crippen LogP contribution in [0.15, 0.2) is 6.07 Å². The monoisotopic (exact) mass is 423 g/mol. The van der Waals surface area contributed by atoms with E-state index in [-0.39, 0.29) is 17.4 Å². The molecule has 0 unspecified atom stereocenters. The summed E-state index contributed by atoms with van der Waals surface area (Å²) in [6.45, 7) is 10.2. The number of likely N-dealkylation sites (tertiary alicyclic amines) is 2. The summed E-state index contributed by atoms with van der Waals surface area (Å²) < 4.78 is 29.2. The quantitative estimate of drug-likeness (QED) is 0.805. The second kappa shape index (κ2) is 8.44. The minimum absolute atomic E-state index is 0.00291. The largest absolute Gasteiger partial charge is 0.367 e. The number of alkyl halides is 2. The first-order chi connectivity index (χ1) is 14.2. The van der Waals surface area contributed by atoms with Crippen molar-refractivity contribution in [3.05, 3.63) is 11.8 Å². The van der Waals surface area contributed by atoms with Gasteiger partial charge in [-0.05, 0) is 51.1 Å². The van der Waals surface area contributed by atoms with Crippen LogP contribution in [-0.4, -0.2) is 70.7 Å². The second-order valence-corrected chi connectivity index (χ2v) is 10.2. The van der Waals surface area contributed by atoms with Gasteiger partial charge in [0.2, 0.25) is 5.91 Å². The highest BCUT2D eigenvalue weighted by molar-refractivity contribution is 5.78. The Morgan fingerprint density at radius 1 is 1.20 bits per heavy atom. The molecule has 4 rings (SSSR count). The molecule has 1 aromatic rings. The Bertz CT molecular complexity index is 745. The van der Waals surface area contributed by atoms with Gasteiger partial charge in [-0.15, -0.1) is 0 Å². The lowest BCUT2D eigenvalue weighted by Gasteiger charge is -2.40. The Morgan fingerprint density at radius 3 is 2.47 bits per heavy atom. The average molecular weight is 424 g/mol. The molecule has 0 spiro atoms. The molecule has 1 N–H and O–H groups in total. The van der Waals surface area contributed by atoms with Crippen LogP contribution in [0.4, 0.5) is 14.6 Å². The van der Waals surface area contributed by atoms with Gasteiger partial charge in [0.05, 0.1) is 12.2 Å². The number of hydrogen-bond acceptors (Lipinski definition) is 4. The van der Waals surface area contributed by atoms with Gasteiger partial charge in [-0.25, -0.2) is 13.5 Å². The molecule has 30 heavy (non-hydrogen) atoms. The van der Waals surface area contributed by atoms with Crippen molar-refractivity contribution in [1.29, 1.82) is 0 Å². The Morgan fingerprint density at radius 2 is 1.87 bits per heavy atom. The van der Waals surface area contributed by atoms with Crippen molar-refractivity contribution in [1.82, 2.24) is 19.6 Å². The highest BCUT2D eigenvalue weighted by atomic mass is 19.3. The third kappa shape index (κ3) is 4.48. The molecule has 1 aromatic heterocycles. The smallest absolute Gasteiger partial charge is 0.260 e. The summed E-state index contributed by atoms with van der Waals surface area (Å²) in [5.41, 5.74) is 0.647. The van der Waals surface area contributed by atoms with Crippen LogP contribution in [0.5, 0.6) is 0 Å². The number of hydrogen-bond donors (Lipinski definition) is 1. The third-order valence-electron chi connectivity index (χ3n) is 6.96. The SMILES string of the molecule is CC(C)(C)c1cc2n(n1)[C@@H](C(F)F)C[C@@H](C1CCN(C(=O)CN3CCCC3)CC1)N2. The summed E-state index contributed by atoms with van der Waals surface area (Å²) in [5, 5.41) is 8.01. The van der Waals surface area contributed by atoms with Crippen molar-refractivity contribution in [2.24, 2.45) is 5.92 Å². The molecule has 0 aromatic carbocycles. The van der Waals surface area contributed by atoms with Crippen LogP contribution in [0.2, 0.25) is 0 Å².